The Bertz CT molecular complexity index is 324. The maximum Gasteiger partial charge on any atom is 0.410 e. The Morgan fingerprint density at radius 2 is 2.12 bits per heavy atom. The lowest BCUT2D eigenvalue weighted by Gasteiger charge is -2.45. The Hall–Kier alpha value is -0.510. The maximum atomic E-state index is 11.7. The molecule has 0 N–H and O–H groups in total. The minimum atomic E-state index is -0.468. The van der Waals surface area contributed by atoms with E-state index in [4.69, 9.17) is 10.00 Å². The first-order valence-corrected chi connectivity index (χ1v) is 7.30. The highest BCUT2D eigenvalue weighted by molar-refractivity contribution is 14.1. The number of nitriles is 1. The van der Waals surface area contributed by atoms with E-state index in [-0.39, 0.29) is 11.5 Å². The summed E-state index contributed by atoms with van der Waals surface area (Å²) >= 11 is 2.31. The number of alkyl halides is 1. The first-order valence-electron chi connectivity index (χ1n) is 5.77. The van der Waals surface area contributed by atoms with Crippen LogP contribution < -0.4 is 0 Å². The molecule has 0 aromatic heterocycles. The third-order valence-electron chi connectivity index (χ3n) is 2.66. The largest absolute Gasteiger partial charge is 0.444 e. The summed E-state index contributed by atoms with van der Waals surface area (Å²) in [5, 5.41) is 9.16. The van der Waals surface area contributed by atoms with E-state index in [1.165, 1.54) is 0 Å². The van der Waals surface area contributed by atoms with Gasteiger partial charge in [-0.15, -0.1) is 0 Å². The maximum absolute atomic E-state index is 11.7. The number of nitrogens with zero attached hydrogens (tertiary/aromatic N) is 2. The SMILES string of the molecule is CC(C)(C)OC(=O)N1CC(C#N)(CCCI)C1. The predicted molar refractivity (Wildman–Crippen MR) is 74.0 cm³/mol. The van der Waals surface area contributed by atoms with Crippen LogP contribution in [0, 0.1) is 16.7 Å². The Kier molecular flexibility index (Phi) is 4.64. The van der Waals surface area contributed by atoms with Gasteiger partial charge in [0.05, 0.1) is 11.5 Å². The third kappa shape index (κ3) is 4.02. The van der Waals surface area contributed by atoms with Gasteiger partial charge in [-0.2, -0.15) is 5.26 Å². The fraction of sp³-hybridized carbons (Fsp3) is 0.833. The molecule has 1 fully saturated rings. The molecule has 1 amide bonds. The zero-order valence-electron chi connectivity index (χ0n) is 10.6. The van der Waals surface area contributed by atoms with Crippen LogP contribution in [0.2, 0.25) is 0 Å². The summed E-state index contributed by atoms with van der Waals surface area (Å²) in [6.07, 6.45) is 1.58. The molecule has 1 heterocycles. The van der Waals surface area contributed by atoms with E-state index in [2.05, 4.69) is 28.7 Å². The van der Waals surface area contributed by atoms with Crippen LogP contribution in [0.25, 0.3) is 0 Å². The summed E-state index contributed by atoms with van der Waals surface area (Å²) in [5.41, 5.74) is -0.799. The minimum Gasteiger partial charge on any atom is -0.444 e. The van der Waals surface area contributed by atoms with Gasteiger partial charge in [0.1, 0.15) is 5.60 Å². The van der Waals surface area contributed by atoms with Crippen LogP contribution in [0.4, 0.5) is 4.79 Å². The number of likely N-dealkylation sites (tertiary alicyclic amines) is 1. The van der Waals surface area contributed by atoms with Crippen LogP contribution in [0.5, 0.6) is 0 Å². The molecule has 0 bridgehead atoms. The first kappa shape index (κ1) is 14.6. The van der Waals surface area contributed by atoms with Crippen LogP contribution in [0.3, 0.4) is 0 Å². The molecule has 96 valence electrons. The van der Waals surface area contributed by atoms with Crippen LogP contribution in [-0.2, 0) is 4.74 Å². The highest BCUT2D eigenvalue weighted by Crippen LogP contribution is 2.35. The van der Waals surface area contributed by atoms with Gasteiger partial charge < -0.3 is 9.64 Å². The molecule has 1 saturated heterocycles. The average Bonchev–Trinajstić information content (AvgIpc) is 2.14. The van der Waals surface area contributed by atoms with Crippen molar-refractivity contribution in [1.29, 1.82) is 5.26 Å². The number of halogens is 1. The number of hydrogen-bond donors (Lipinski definition) is 0. The van der Waals surface area contributed by atoms with Gasteiger partial charge in [-0.25, -0.2) is 4.79 Å². The van der Waals surface area contributed by atoms with Crippen molar-refractivity contribution < 1.29 is 9.53 Å². The van der Waals surface area contributed by atoms with E-state index in [0.29, 0.717) is 13.1 Å². The second kappa shape index (κ2) is 5.42. The quantitative estimate of drug-likeness (QED) is 0.581. The molecule has 0 aromatic carbocycles. The van der Waals surface area contributed by atoms with Gasteiger partial charge in [0, 0.05) is 13.1 Å². The minimum absolute atomic E-state index is 0.308. The molecule has 0 saturated carbocycles. The zero-order valence-corrected chi connectivity index (χ0v) is 12.8. The molecule has 0 aromatic rings. The van der Waals surface area contributed by atoms with Gasteiger partial charge in [0.25, 0.3) is 0 Å². The van der Waals surface area contributed by atoms with E-state index in [0.717, 1.165) is 17.3 Å². The molecule has 1 aliphatic rings. The predicted octanol–water partition coefficient (Wildman–Crippen LogP) is 2.96. The summed E-state index contributed by atoms with van der Waals surface area (Å²) in [6, 6.07) is 2.34. The van der Waals surface area contributed by atoms with Crippen molar-refractivity contribution in [1.82, 2.24) is 4.90 Å². The molecule has 0 spiro atoms. The number of rotatable bonds is 3. The first-order chi connectivity index (χ1) is 7.82. The second-order valence-electron chi connectivity index (χ2n) is 5.52. The lowest BCUT2D eigenvalue weighted by Crippen LogP contribution is -2.58. The average molecular weight is 350 g/mol. The third-order valence-corrected chi connectivity index (χ3v) is 3.43. The van der Waals surface area contributed by atoms with Gasteiger partial charge in [0.2, 0.25) is 0 Å². The zero-order chi connectivity index (χ0) is 13.1. The molecule has 4 nitrogen and oxygen atoms in total. The number of carbonyl (C=O) groups excluding carboxylic acids is 1. The van der Waals surface area contributed by atoms with Gasteiger partial charge in [-0.05, 0) is 38.0 Å². The topological polar surface area (TPSA) is 53.3 Å². The van der Waals surface area contributed by atoms with E-state index < -0.39 is 5.60 Å². The van der Waals surface area contributed by atoms with Crippen molar-refractivity contribution >= 4 is 28.7 Å². The number of carbonyl (C=O) groups is 1. The Morgan fingerprint density at radius 3 is 2.53 bits per heavy atom. The smallest absolute Gasteiger partial charge is 0.410 e. The summed E-state index contributed by atoms with van der Waals surface area (Å²) in [5.74, 6) is 0. The molecule has 5 heteroatoms. The molecule has 1 aliphatic heterocycles. The number of hydrogen-bond acceptors (Lipinski definition) is 3. The van der Waals surface area contributed by atoms with Crippen molar-refractivity contribution in [2.75, 3.05) is 17.5 Å². The van der Waals surface area contributed by atoms with Gasteiger partial charge in [-0.3, -0.25) is 0 Å². The summed E-state index contributed by atoms with van der Waals surface area (Å²) in [4.78, 5) is 13.3. The molecule has 1 rings (SSSR count). The summed E-state index contributed by atoms with van der Waals surface area (Å²) in [6.45, 7) is 6.55. The van der Waals surface area contributed by atoms with Crippen LogP contribution in [-0.4, -0.2) is 34.1 Å². The lowest BCUT2D eigenvalue weighted by molar-refractivity contribution is -0.0184. The van der Waals surface area contributed by atoms with Crippen molar-refractivity contribution in [2.45, 2.75) is 39.2 Å². The van der Waals surface area contributed by atoms with Crippen molar-refractivity contribution in [3.8, 4) is 6.07 Å². The molecule has 0 aliphatic carbocycles. The van der Waals surface area contributed by atoms with Crippen LogP contribution in [0.1, 0.15) is 33.6 Å². The van der Waals surface area contributed by atoms with E-state index in [1.54, 1.807) is 4.90 Å². The fourth-order valence-corrected chi connectivity index (χ4v) is 2.21. The van der Waals surface area contributed by atoms with Gasteiger partial charge in [-0.1, -0.05) is 22.6 Å². The Balaban J connectivity index is 2.44. The van der Waals surface area contributed by atoms with Gasteiger partial charge in [0.15, 0.2) is 0 Å². The van der Waals surface area contributed by atoms with Crippen molar-refractivity contribution in [3.05, 3.63) is 0 Å². The van der Waals surface area contributed by atoms with E-state index >= 15 is 0 Å². The summed E-state index contributed by atoms with van der Waals surface area (Å²) < 4.78 is 6.31. The van der Waals surface area contributed by atoms with Crippen molar-refractivity contribution in [2.24, 2.45) is 5.41 Å². The Labute approximate surface area is 116 Å². The fourth-order valence-electron chi connectivity index (χ4n) is 1.83. The van der Waals surface area contributed by atoms with Crippen LogP contribution in [0.15, 0.2) is 0 Å². The number of ether oxygens (including phenoxy) is 1. The van der Waals surface area contributed by atoms with Crippen LogP contribution >= 0.6 is 22.6 Å². The Morgan fingerprint density at radius 1 is 1.53 bits per heavy atom. The molecule has 17 heavy (non-hydrogen) atoms. The highest BCUT2D eigenvalue weighted by Gasteiger charge is 2.46. The molecular weight excluding hydrogens is 331 g/mol. The molecule has 0 radical (unpaired) electrons. The standard InChI is InChI=1S/C12H19IN2O2/c1-11(2,3)17-10(16)15-8-12(7-14,9-15)5-4-6-13/h4-6,8-9H2,1-3H3. The molecule has 0 atom stereocenters. The van der Waals surface area contributed by atoms with E-state index in [9.17, 15) is 4.79 Å². The van der Waals surface area contributed by atoms with Gasteiger partial charge >= 0.3 is 6.09 Å². The normalized spacial score (nSPS) is 18.2. The highest BCUT2D eigenvalue weighted by atomic mass is 127. The lowest BCUT2D eigenvalue weighted by atomic mass is 9.78. The molecule has 0 unspecified atom stereocenters. The monoisotopic (exact) mass is 350 g/mol. The summed E-state index contributed by atoms with van der Waals surface area (Å²) in [7, 11) is 0. The number of amides is 1. The van der Waals surface area contributed by atoms with E-state index in [1.807, 2.05) is 20.8 Å². The molecular formula is C12H19IN2O2. The van der Waals surface area contributed by atoms with Crippen molar-refractivity contribution in [3.63, 3.8) is 0 Å². The second-order valence-corrected chi connectivity index (χ2v) is 6.60.